The Morgan fingerprint density at radius 1 is 1.33 bits per heavy atom. The minimum Gasteiger partial charge on any atom is -0.465 e. The van der Waals surface area contributed by atoms with Crippen molar-refractivity contribution in [3.05, 3.63) is 52.6 Å². The number of allylic oxidation sites excluding steroid dienone is 1. The van der Waals surface area contributed by atoms with Gasteiger partial charge in [0.05, 0.1) is 30.3 Å². The van der Waals surface area contributed by atoms with E-state index in [-0.39, 0.29) is 24.5 Å². The Bertz CT molecular complexity index is 957. The highest BCUT2D eigenvalue weighted by molar-refractivity contribution is 5.77. The van der Waals surface area contributed by atoms with E-state index >= 15 is 0 Å². The quantitative estimate of drug-likeness (QED) is 0.577. The molecule has 1 fully saturated rings. The minimum absolute atomic E-state index is 0.123. The van der Waals surface area contributed by atoms with E-state index in [1.54, 1.807) is 12.1 Å². The van der Waals surface area contributed by atoms with Gasteiger partial charge < -0.3 is 4.74 Å². The fraction of sp³-hybridized carbons (Fsp3) is 0.500. The van der Waals surface area contributed by atoms with Crippen LogP contribution in [0, 0.1) is 17.3 Å². The van der Waals surface area contributed by atoms with Crippen molar-refractivity contribution in [1.82, 2.24) is 9.55 Å². The smallest absolute Gasteiger partial charge is 0.307 e. The summed E-state index contributed by atoms with van der Waals surface area (Å²) in [5, 5.41) is 0.569. The number of fused-ring (bicyclic) bond motifs is 2. The number of hydrogen-bond acceptors (Lipinski definition) is 4. The molecule has 5 nitrogen and oxygen atoms in total. The summed E-state index contributed by atoms with van der Waals surface area (Å²) < 4.78 is 6.89. The van der Waals surface area contributed by atoms with Gasteiger partial charge in [-0.2, -0.15) is 0 Å². The van der Waals surface area contributed by atoms with Crippen LogP contribution in [0.3, 0.4) is 0 Å². The van der Waals surface area contributed by atoms with E-state index < -0.39 is 0 Å². The molecule has 27 heavy (non-hydrogen) atoms. The molecule has 0 saturated heterocycles. The first-order valence-corrected chi connectivity index (χ1v) is 9.75. The number of hydrogen-bond donors (Lipinski definition) is 0. The molecule has 0 aliphatic heterocycles. The summed E-state index contributed by atoms with van der Waals surface area (Å²) >= 11 is 0. The molecule has 0 amide bonds. The molecule has 1 saturated carbocycles. The van der Waals surface area contributed by atoms with Crippen molar-refractivity contribution in [2.45, 2.75) is 46.1 Å². The second-order valence-electron chi connectivity index (χ2n) is 8.30. The highest BCUT2D eigenvalue weighted by atomic mass is 16.5. The van der Waals surface area contributed by atoms with E-state index in [2.05, 4.69) is 24.9 Å². The van der Waals surface area contributed by atoms with Crippen LogP contribution in [0.2, 0.25) is 0 Å². The molecule has 0 unspecified atom stereocenters. The van der Waals surface area contributed by atoms with Crippen LogP contribution in [0.5, 0.6) is 0 Å². The molecule has 142 valence electrons. The highest BCUT2D eigenvalue weighted by Gasteiger charge is 2.50. The summed E-state index contributed by atoms with van der Waals surface area (Å²) in [6.07, 6.45) is 7.29. The van der Waals surface area contributed by atoms with Crippen molar-refractivity contribution in [2.75, 3.05) is 6.61 Å². The van der Waals surface area contributed by atoms with Gasteiger partial charge in [0, 0.05) is 13.0 Å². The maximum atomic E-state index is 12.4. The van der Waals surface area contributed by atoms with Crippen LogP contribution in [-0.2, 0) is 16.1 Å². The second kappa shape index (κ2) is 6.95. The van der Waals surface area contributed by atoms with Crippen molar-refractivity contribution in [2.24, 2.45) is 17.3 Å². The van der Waals surface area contributed by atoms with Crippen LogP contribution in [0.15, 0.2) is 47.0 Å². The molecule has 1 aromatic carbocycles. The Labute approximate surface area is 159 Å². The van der Waals surface area contributed by atoms with Gasteiger partial charge in [0.25, 0.3) is 5.56 Å². The molecule has 1 heterocycles. The topological polar surface area (TPSA) is 61.2 Å². The van der Waals surface area contributed by atoms with Crippen molar-refractivity contribution in [3.8, 4) is 0 Å². The van der Waals surface area contributed by atoms with Crippen LogP contribution in [-0.4, -0.2) is 22.1 Å². The van der Waals surface area contributed by atoms with Crippen molar-refractivity contribution in [1.29, 1.82) is 0 Å². The van der Waals surface area contributed by atoms with Gasteiger partial charge in [-0.25, -0.2) is 4.98 Å². The van der Waals surface area contributed by atoms with E-state index in [9.17, 15) is 9.59 Å². The lowest BCUT2D eigenvalue weighted by molar-refractivity contribution is -0.144. The highest BCUT2D eigenvalue weighted by Crippen LogP contribution is 2.59. The zero-order valence-electron chi connectivity index (χ0n) is 16.0. The zero-order chi connectivity index (χ0) is 19.0. The van der Waals surface area contributed by atoms with Gasteiger partial charge in [0.15, 0.2) is 0 Å². The zero-order valence-corrected chi connectivity index (χ0v) is 16.0. The van der Waals surface area contributed by atoms with Gasteiger partial charge in [0.1, 0.15) is 0 Å². The Morgan fingerprint density at radius 2 is 2.15 bits per heavy atom. The van der Waals surface area contributed by atoms with Crippen LogP contribution in [0.4, 0.5) is 0 Å². The third-order valence-electron chi connectivity index (χ3n) is 6.52. The summed E-state index contributed by atoms with van der Waals surface area (Å²) in [5.74, 6) is 1.21. The van der Waals surface area contributed by atoms with Crippen molar-refractivity contribution >= 4 is 16.9 Å². The normalized spacial score (nSPS) is 22.8. The Hall–Kier alpha value is -2.43. The third-order valence-corrected chi connectivity index (χ3v) is 6.52. The number of carbonyl (C=O) groups excluding carboxylic acids is 1. The van der Waals surface area contributed by atoms with E-state index in [1.165, 1.54) is 22.9 Å². The molecule has 0 spiro atoms. The molecule has 5 heteroatoms. The van der Waals surface area contributed by atoms with Crippen LogP contribution in [0.1, 0.15) is 39.5 Å². The standard InChI is InChI=1S/C22H26N2O3/c1-22(2)16-8-7-15(18(22)13-16)10-12-27-20(25)9-11-24-14-23-19-6-4-3-5-17(19)21(24)26/h3-7,14,16,18H,8-13H2,1-2H3/t16-,18-/m0/s1. The number of aryl methyl sites for hydroxylation is 1. The average Bonchev–Trinajstić information content (AvgIpc) is 2.67. The predicted octanol–water partition coefficient (Wildman–Crippen LogP) is 3.71. The van der Waals surface area contributed by atoms with Crippen LogP contribution in [0.25, 0.3) is 10.9 Å². The summed E-state index contributed by atoms with van der Waals surface area (Å²) in [6.45, 7) is 5.41. The first kappa shape index (κ1) is 18.0. The molecule has 2 atom stereocenters. The Morgan fingerprint density at radius 3 is 2.93 bits per heavy atom. The number of esters is 1. The largest absolute Gasteiger partial charge is 0.465 e. The molecule has 2 bridgehead atoms. The molecule has 5 rings (SSSR count). The molecule has 0 radical (unpaired) electrons. The summed E-state index contributed by atoms with van der Waals surface area (Å²) in [4.78, 5) is 28.8. The summed E-state index contributed by atoms with van der Waals surface area (Å²) in [7, 11) is 0. The fourth-order valence-electron chi connectivity index (χ4n) is 4.59. The predicted molar refractivity (Wildman–Crippen MR) is 104 cm³/mol. The van der Waals surface area contributed by atoms with Crippen molar-refractivity contribution in [3.63, 3.8) is 0 Å². The second-order valence-corrected chi connectivity index (χ2v) is 8.30. The molecule has 2 aromatic rings. The number of aromatic nitrogens is 2. The van der Waals surface area contributed by atoms with Gasteiger partial charge in [-0.1, -0.05) is 37.6 Å². The van der Waals surface area contributed by atoms with Gasteiger partial charge in [0.2, 0.25) is 0 Å². The lowest BCUT2D eigenvalue weighted by Gasteiger charge is -2.56. The maximum absolute atomic E-state index is 12.4. The van der Waals surface area contributed by atoms with Crippen LogP contribution < -0.4 is 5.56 Å². The monoisotopic (exact) mass is 366 g/mol. The molecule has 0 N–H and O–H groups in total. The van der Waals surface area contributed by atoms with Gasteiger partial charge >= 0.3 is 5.97 Å². The van der Waals surface area contributed by atoms with E-state index in [4.69, 9.17) is 4.74 Å². The third kappa shape index (κ3) is 3.31. The summed E-state index contributed by atoms with van der Waals surface area (Å²) in [5.41, 5.74) is 2.40. The first-order chi connectivity index (χ1) is 13.0. The number of ether oxygens (including phenoxy) is 1. The number of rotatable bonds is 6. The minimum atomic E-state index is -0.266. The summed E-state index contributed by atoms with van der Waals surface area (Å²) in [6, 6.07) is 7.23. The van der Waals surface area contributed by atoms with Crippen molar-refractivity contribution < 1.29 is 9.53 Å². The van der Waals surface area contributed by atoms with Crippen LogP contribution >= 0.6 is 0 Å². The Balaban J connectivity index is 1.28. The number of benzene rings is 1. The Kier molecular flexibility index (Phi) is 4.62. The lowest BCUT2D eigenvalue weighted by atomic mass is 9.48. The first-order valence-electron chi connectivity index (χ1n) is 9.75. The van der Waals surface area contributed by atoms with Gasteiger partial charge in [-0.15, -0.1) is 0 Å². The van der Waals surface area contributed by atoms with E-state index in [1.807, 2.05) is 12.1 Å². The fourth-order valence-corrected chi connectivity index (χ4v) is 4.59. The average molecular weight is 366 g/mol. The van der Waals surface area contributed by atoms with Gasteiger partial charge in [-0.3, -0.25) is 14.2 Å². The molecule has 3 aliphatic carbocycles. The molecule has 3 aliphatic rings. The molecular formula is C22H26N2O3. The number of carbonyl (C=O) groups is 1. The SMILES string of the molecule is CC1(C)[C@H]2CC=C(CCOC(=O)CCn3cnc4ccccc4c3=O)[C@@H]1C2. The lowest BCUT2D eigenvalue weighted by Crippen LogP contribution is -2.48. The van der Waals surface area contributed by atoms with Gasteiger partial charge in [-0.05, 0) is 42.2 Å². The number of nitrogens with zero attached hydrogens (tertiary/aromatic N) is 2. The maximum Gasteiger partial charge on any atom is 0.307 e. The number of para-hydroxylation sites is 1. The van der Waals surface area contributed by atoms with E-state index in [0.717, 1.165) is 18.8 Å². The molecular weight excluding hydrogens is 340 g/mol. The van der Waals surface area contributed by atoms with E-state index in [0.29, 0.717) is 28.8 Å². The molecule has 1 aromatic heterocycles.